The highest BCUT2D eigenvalue weighted by Gasteiger charge is 2.26. The molecule has 2 amide bonds. The van der Waals surface area contributed by atoms with Gasteiger partial charge in [-0.15, -0.1) is 0 Å². The molecule has 0 spiro atoms. The van der Waals surface area contributed by atoms with Gasteiger partial charge in [0.25, 0.3) is 5.91 Å². The van der Waals surface area contributed by atoms with Crippen molar-refractivity contribution in [1.82, 2.24) is 14.7 Å². The van der Waals surface area contributed by atoms with Crippen LogP contribution in [-0.2, 0) is 4.79 Å². The van der Waals surface area contributed by atoms with E-state index < -0.39 is 11.9 Å². The Morgan fingerprint density at radius 3 is 2.50 bits per heavy atom. The number of nitrogens with two attached hydrogens (primary N) is 2. The van der Waals surface area contributed by atoms with Crippen molar-refractivity contribution in [2.24, 2.45) is 5.73 Å². The van der Waals surface area contributed by atoms with Gasteiger partial charge in [-0.1, -0.05) is 0 Å². The molecule has 7 nitrogen and oxygen atoms in total. The first-order valence-electron chi connectivity index (χ1n) is 5.94. The molecular formula is C11H17N5O2. The van der Waals surface area contributed by atoms with E-state index in [1.165, 1.54) is 10.9 Å². The molecule has 18 heavy (non-hydrogen) atoms. The van der Waals surface area contributed by atoms with Crippen LogP contribution in [0.4, 0.5) is 5.69 Å². The van der Waals surface area contributed by atoms with Crippen molar-refractivity contribution in [3.63, 3.8) is 0 Å². The maximum Gasteiger partial charge on any atom is 0.271 e. The zero-order valence-corrected chi connectivity index (χ0v) is 10.3. The maximum atomic E-state index is 12.1. The van der Waals surface area contributed by atoms with Crippen molar-refractivity contribution in [3.8, 4) is 0 Å². The zero-order chi connectivity index (χ0) is 13.3. The van der Waals surface area contributed by atoms with Crippen LogP contribution in [0, 0.1) is 0 Å². The van der Waals surface area contributed by atoms with E-state index in [4.69, 9.17) is 11.5 Å². The predicted molar refractivity (Wildman–Crippen MR) is 65.7 cm³/mol. The summed E-state index contributed by atoms with van der Waals surface area (Å²) < 4.78 is 1.40. The minimum atomic E-state index is -0.688. The van der Waals surface area contributed by atoms with E-state index in [9.17, 15) is 9.59 Å². The highest BCUT2D eigenvalue weighted by molar-refractivity contribution is 5.95. The number of carbonyl (C=O) groups excluding carboxylic acids is 2. The Bertz CT molecular complexity index is 476. The fourth-order valence-corrected chi connectivity index (χ4v) is 2.11. The van der Waals surface area contributed by atoms with Crippen LogP contribution in [0.15, 0.2) is 6.20 Å². The molecule has 2 rings (SSSR count). The van der Waals surface area contributed by atoms with E-state index in [1.807, 2.05) is 0 Å². The molecule has 1 fully saturated rings. The highest BCUT2D eigenvalue weighted by Crippen LogP contribution is 2.18. The van der Waals surface area contributed by atoms with Gasteiger partial charge in [0, 0.05) is 19.3 Å². The Morgan fingerprint density at radius 1 is 1.39 bits per heavy atom. The standard InChI is InChI=1S/C11H17N5O2/c1-7(11(18)15-4-2-3-5-15)16-6-8(12)9(14-16)10(13)17/h6-7H,2-5,12H2,1H3,(H2,13,17). The lowest BCUT2D eigenvalue weighted by atomic mass is 10.3. The fourth-order valence-electron chi connectivity index (χ4n) is 2.11. The molecule has 0 aromatic carbocycles. The number of likely N-dealkylation sites (tertiary alicyclic amines) is 1. The molecule has 1 aromatic rings. The van der Waals surface area contributed by atoms with E-state index in [2.05, 4.69) is 5.10 Å². The summed E-state index contributed by atoms with van der Waals surface area (Å²) in [4.78, 5) is 25.0. The second-order valence-electron chi connectivity index (χ2n) is 4.49. The van der Waals surface area contributed by atoms with Gasteiger partial charge < -0.3 is 16.4 Å². The van der Waals surface area contributed by atoms with Crippen molar-refractivity contribution in [1.29, 1.82) is 0 Å². The summed E-state index contributed by atoms with van der Waals surface area (Å²) in [7, 11) is 0. The van der Waals surface area contributed by atoms with Crippen LogP contribution in [0.5, 0.6) is 0 Å². The molecule has 1 aromatic heterocycles. The van der Waals surface area contributed by atoms with Crippen molar-refractivity contribution < 1.29 is 9.59 Å². The smallest absolute Gasteiger partial charge is 0.271 e. The van der Waals surface area contributed by atoms with E-state index in [1.54, 1.807) is 11.8 Å². The second kappa shape index (κ2) is 4.67. The van der Waals surface area contributed by atoms with Crippen LogP contribution in [-0.4, -0.2) is 39.6 Å². The lowest BCUT2D eigenvalue weighted by molar-refractivity contribution is -0.133. The molecule has 1 aliphatic rings. The molecule has 2 heterocycles. The topological polar surface area (TPSA) is 107 Å². The minimum absolute atomic E-state index is 0.00831. The lowest BCUT2D eigenvalue weighted by Gasteiger charge is -2.20. The number of hydrogen-bond acceptors (Lipinski definition) is 4. The average molecular weight is 251 g/mol. The SMILES string of the molecule is CC(C(=O)N1CCCC1)n1cc(N)c(C(N)=O)n1. The van der Waals surface area contributed by atoms with Gasteiger partial charge >= 0.3 is 0 Å². The van der Waals surface area contributed by atoms with Crippen LogP contribution in [0.2, 0.25) is 0 Å². The molecule has 0 bridgehead atoms. The Balaban J connectivity index is 2.17. The quantitative estimate of drug-likeness (QED) is 0.772. The number of anilines is 1. The molecule has 1 unspecified atom stereocenters. The summed E-state index contributed by atoms with van der Waals surface area (Å²) in [6, 6.07) is -0.474. The summed E-state index contributed by atoms with van der Waals surface area (Å²) in [6.45, 7) is 3.29. The Kier molecular flexibility index (Phi) is 3.22. The number of aromatic nitrogens is 2. The Hall–Kier alpha value is -2.05. The van der Waals surface area contributed by atoms with Gasteiger partial charge in [-0.05, 0) is 19.8 Å². The van der Waals surface area contributed by atoms with E-state index in [0.29, 0.717) is 0 Å². The first-order chi connectivity index (χ1) is 8.50. The van der Waals surface area contributed by atoms with E-state index in [0.717, 1.165) is 25.9 Å². The number of hydrogen-bond donors (Lipinski definition) is 2. The maximum absolute atomic E-state index is 12.1. The molecular weight excluding hydrogens is 234 g/mol. The fraction of sp³-hybridized carbons (Fsp3) is 0.545. The molecule has 1 saturated heterocycles. The van der Waals surface area contributed by atoms with Crippen molar-refractivity contribution >= 4 is 17.5 Å². The number of nitrogens with zero attached hydrogens (tertiary/aromatic N) is 3. The van der Waals surface area contributed by atoms with Crippen LogP contribution in [0.3, 0.4) is 0 Å². The lowest BCUT2D eigenvalue weighted by Crippen LogP contribution is -2.34. The van der Waals surface area contributed by atoms with Crippen molar-refractivity contribution in [3.05, 3.63) is 11.9 Å². The molecule has 7 heteroatoms. The normalized spacial score (nSPS) is 16.8. The van der Waals surface area contributed by atoms with Crippen molar-refractivity contribution in [2.75, 3.05) is 18.8 Å². The van der Waals surface area contributed by atoms with Gasteiger partial charge in [-0.2, -0.15) is 5.10 Å². The van der Waals surface area contributed by atoms with Crippen LogP contribution >= 0.6 is 0 Å². The van der Waals surface area contributed by atoms with Gasteiger partial charge in [0.2, 0.25) is 5.91 Å². The summed E-state index contributed by atoms with van der Waals surface area (Å²) in [5, 5.41) is 3.97. The molecule has 1 aliphatic heterocycles. The van der Waals surface area contributed by atoms with Crippen LogP contribution < -0.4 is 11.5 Å². The molecule has 0 aliphatic carbocycles. The first kappa shape index (κ1) is 12.4. The van der Waals surface area contributed by atoms with Gasteiger partial charge in [0.05, 0.1) is 5.69 Å². The number of primary amides is 1. The summed E-state index contributed by atoms with van der Waals surface area (Å²) >= 11 is 0. The number of rotatable bonds is 3. The Morgan fingerprint density at radius 2 is 2.00 bits per heavy atom. The van der Waals surface area contributed by atoms with Gasteiger partial charge in [-0.3, -0.25) is 14.3 Å². The Labute approximate surface area is 105 Å². The summed E-state index contributed by atoms with van der Waals surface area (Å²) in [5.74, 6) is -0.696. The molecule has 0 radical (unpaired) electrons. The number of amides is 2. The van der Waals surface area contributed by atoms with Gasteiger partial charge in [0.15, 0.2) is 5.69 Å². The second-order valence-corrected chi connectivity index (χ2v) is 4.49. The largest absolute Gasteiger partial charge is 0.396 e. The van der Waals surface area contributed by atoms with E-state index in [-0.39, 0.29) is 17.3 Å². The number of nitrogen functional groups attached to an aromatic ring is 1. The number of carbonyl (C=O) groups is 2. The summed E-state index contributed by atoms with van der Waals surface area (Å²) in [5.41, 5.74) is 11.0. The zero-order valence-electron chi connectivity index (χ0n) is 10.3. The third-order valence-electron chi connectivity index (χ3n) is 3.17. The van der Waals surface area contributed by atoms with Gasteiger partial charge in [-0.25, -0.2) is 0 Å². The van der Waals surface area contributed by atoms with E-state index >= 15 is 0 Å². The third-order valence-corrected chi connectivity index (χ3v) is 3.17. The van der Waals surface area contributed by atoms with Crippen LogP contribution in [0.25, 0.3) is 0 Å². The third kappa shape index (κ3) is 2.15. The summed E-state index contributed by atoms with van der Waals surface area (Å²) in [6.07, 6.45) is 3.54. The van der Waals surface area contributed by atoms with Crippen molar-refractivity contribution in [2.45, 2.75) is 25.8 Å². The molecule has 4 N–H and O–H groups in total. The molecule has 1 atom stereocenters. The predicted octanol–water partition coefficient (Wildman–Crippen LogP) is -0.252. The molecule has 98 valence electrons. The average Bonchev–Trinajstić information content (AvgIpc) is 2.95. The minimum Gasteiger partial charge on any atom is -0.396 e. The highest BCUT2D eigenvalue weighted by atomic mass is 16.2. The monoisotopic (exact) mass is 251 g/mol. The molecule has 0 saturated carbocycles. The van der Waals surface area contributed by atoms with Gasteiger partial charge in [0.1, 0.15) is 6.04 Å². The first-order valence-corrected chi connectivity index (χ1v) is 5.94. The van der Waals surface area contributed by atoms with Crippen LogP contribution in [0.1, 0.15) is 36.3 Å².